The molecule has 1 aromatic carbocycles. The van der Waals surface area contributed by atoms with Crippen LogP contribution in [0.1, 0.15) is 75.5 Å². The molecule has 2 aromatic rings. The van der Waals surface area contributed by atoms with Crippen LogP contribution in [-0.2, 0) is 11.3 Å². The predicted octanol–water partition coefficient (Wildman–Crippen LogP) is 4.05. The number of piperazine rings is 1. The van der Waals surface area contributed by atoms with Crippen molar-refractivity contribution in [3.8, 4) is 11.1 Å². The summed E-state index contributed by atoms with van der Waals surface area (Å²) in [6.45, 7) is 19.3. The second-order valence-corrected chi connectivity index (χ2v) is 14.1. The summed E-state index contributed by atoms with van der Waals surface area (Å²) in [7, 11) is 2.17. The Balaban J connectivity index is 1.43. The van der Waals surface area contributed by atoms with Crippen molar-refractivity contribution in [1.82, 2.24) is 30.7 Å². The highest BCUT2D eigenvalue weighted by Crippen LogP contribution is 2.35. The zero-order valence-corrected chi connectivity index (χ0v) is 28.5. The molecule has 0 radical (unpaired) electrons. The van der Waals surface area contributed by atoms with Gasteiger partial charge in [-0.2, -0.15) is 0 Å². The first-order valence-electron chi connectivity index (χ1n) is 17.1. The number of amides is 2. The Morgan fingerprint density at radius 3 is 2.33 bits per heavy atom. The van der Waals surface area contributed by atoms with Gasteiger partial charge < -0.3 is 25.8 Å². The number of benzene rings is 1. The molecule has 0 spiro atoms. The molecule has 0 saturated carbocycles. The lowest BCUT2D eigenvalue weighted by Gasteiger charge is -2.41. The Morgan fingerprint density at radius 1 is 1.00 bits per heavy atom. The minimum absolute atomic E-state index is 0.0294. The van der Waals surface area contributed by atoms with E-state index in [9.17, 15) is 9.59 Å². The molecule has 3 fully saturated rings. The van der Waals surface area contributed by atoms with Crippen LogP contribution in [0, 0.1) is 18.8 Å². The van der Waals surface area contributed by atoms with E-state index in [2.05, 4.69) is 90.5 Å². The lowest BCUT2D eigenvalue weighted by molar-refractivity contribution is -0.129. The molecule has 4 heterocycles. The molecule has 3 unspecified atom stereocenters. The lowest BCUT2D eigenvalue weighted by atomic mass is 9.84. The molecule has 3 aliphatic rings. The van der Waals surface area contributed by atoms with E-state index < -0.39 is 0 Å². The van der Waals surface area contributed by atoms with Crippen molar-refractivity contribution in [3.05, 3.63) is 47.3 Å². The van der Waals surface area contributed by atoms with Gasteiger partial charge in [0, 0.05) is 93.0 Å². The molecule has 3 aliphatic heterocycles. The van der Waals surface area contributed by atoms with E-state index >= 15 is 0 Å². The third-order valence-electron chi connectivity index (χ3n) is 10.3. The van der Waals surface area contributed by atoms with Crippen molar-refractivity contribution < 1.29 is 9.59 Å². The van der Waals surface area contributed by atoms with E-state index in [0.717, 1.165) is 86.6 Å². The highest BCUT2D eigenvalue weighted by Gasteiger charge is 2.33. The zero-order valence-electron chi connectivity index (χ0n) is 28.5. The van der Waals surface area contributed by atoms with E-state index in [1.807, 2.05) is 19.2 Å². The van der Waals surface area contributed by atoms with Gasteiger partial charge in [0.15, 0.2) is 0 Å². The van der Waals surface area contributed by atoms with Crippen molar-refractivity contribution >= 4 is 17.5 Å². The van der Waals surface area contributed by atoms with Gasteiger partial charge in [-0.3, -0.25) is 19.5 Å². The van der Waals surface area contributed by atoms with Crippen molar-refractivity contribution in [3.63, 3.8) is 0 Å². The maximum atomic E-state index is 13.9. The predicted molar refractivity (Wildman–Crippen MR) is 182 cm³/mol. The van der Waals surface area contributed by atoms with E-state index in [4.69, 9.17) is 4.98 Å². The summed E-state index contributed by atoms with van der Waals surface area (Å²) in [6.07, 6.45) is 4.99. The summed E-state index contributed by atoms with van der Waals surface area (Å²) in [5.74, 6) is -0.110. The molecule has 5 rings (SSSR count). The van der Waals surface area contributed by atoms with Gasteiger partial charge in [-0.05, 0) is 96.2 Å². The van der Waals surface area contributed by atoms with Gasteiger partial charge in [-0.25, -0.2) is 0 Å². The third-order valence-corrected chi connectivity index (χ3v) is 10.3. The molecule has 1 aromatic heterocycles. The number of piperidine rings is 2. The summed E-state index contributed by atoms with van der Waals surface area (Å²) in [5.41, 5.74) is 5.80. The molecular formula is C36H55N7O2. The topological polar surface area (TPSA) is 92.8 Å². The Bertz CT molecular complexity index is 1310. The highest BCUT2D eigenvalue weighted by molar-refractivity contribution is 5.99. The van der Waals surface area contributed by atoms with Crippen LogP contribution in [0.3, 0.4) is 0 Å². The Kier molecular flexibility index (Phi) is 10.8. The molecule has 2 amide bonds. The van der Waals surface area contributed by atoms with Crippen molar-refractivity contribution in [2.45, 2.75) is 91.5 Å². The number of pyridine rings is 1. The van der Waals surface area contributed by atoms with Crippen LogP contribution in [0.5, 0.6) is 0 Å². The Hall–Kier alpha value is -3.01. The minimum atomic E-state index is -0.227. The maximum Gasteiger partial charge on any atom is 0.251 e. The summed E-state index contributed by atoms with van der Waals surface area (Å²) in [4.78, 5) is 38.9. The molecule has 246 valence electrons. The van der Waals surface area contributed by atoms with Gasteiger partial charge in [-0.1, -0.05) is 13.0 Å². The fraction of sp³-hybridized carbons (Fsp3) is 0.639. The highest BCUT2D eigenvalue weighted by atomic mass is 16.2. The first-order valence-corrected chi connectivity index (χ1v) is 17.1. The number of carbonyl (C=O) groups is 2. The van der Waals surface area contributed by atoms with E-state index in [0.29, 0.717) is 30.2 Å². The van der Waals surface area contributed by atoms with Crippen LogP contribution in [0.25, 0.3) is 11.1 Å². The van der Waals surface area contributed by atoms with Crippen molar-refractivity contribution in [1.29, 1.82) is 0 Å². The number of aromatic nitrogens is 1. The normalized spacial score (nSPS) is 28.0. The SMILES string of the molecule is CCN(c1cc(-c2ccc(CN3CCN(C)CC3)nc2)cc(C(=O)NCC2C(=O)NC(C)CC2C)c1C)C1C[C@@H](C)N[C@H](C)C1. The molecule has 0 aliphatic carbocycles. The van der Waals surface area contributed by atoms with Crippen LogP contribution < -0.4 is 20.9 Å². The fourth-order valence-corrected chi connectivity index (χ4v) is 7.72. The fourth-order valence-electron chi connectivity index (χ4n) is 7.72. The molecule has 5 atom stereocenters. The van der Waals surface area contributed by atoms with Gasteiger partial charge in [0.1, 0.15) is 0 Å². The van der Waals surface area contributed by atoms with E-state index in [-0.39, 0.29) is 29.7 Å². The molecule has 9 heteroatoms. The summed E-state index contributed by atoms with van der Waals surface area (Å²) < 4.78 is 0. The number of rotatable bonds is 9. The molecule has 9 nitrogen and oxygen atoms in total. The van der Waals surface area contributed by atoms with E-state index in [1.165, 1.54) is 0 Å². The standard InChI is InChI=1S/C36H55N7O2/c1-8-43(31-16-25(4)39-26(5)17-31)34-19-29(28-9-10-30(37-20-28)22-42-13-11-41(7)12-14-42)18-32(27(34)6)35(44)38-21-33-23(2)15-24(3)40-36(33)45/h9-10,18-20,23-26,31,33,39H,8,11-17,21-22H2,1-7H3,(H,38,44)(H,40,45)/t23?,24?,25-,26-,33?/m1/s1. The van der Waals surface area contributed by atoms with Crippen LogP contribution in [-0.4, -0.2) is 97.1 Å². The van der Waals surface area contributed by atoms with E-state index in [1.54, 1.807) is 0 Å². The average molecular weight is 618 g/mol. The first-order chi connectivity index (χ1) is 21.5. The summed E-state index contributed by atoms with van der Waals surface area (Å²) >= 11 is 0. The monoisotopic (exact) mass is 617 g/mol. The molecule has 3 saturated heterocycles. The summed E-state index contributed by atoms with van der Waals surface area (Å²) in [5, 5.41) is 9.88. The lowest BCUT2D eigenvalue weighted by Crippen LogP contribution is -2.51. The van der Waals surface area contributed by atoms with Gasteiger partial charge in [-0.15, -0.1) is 0 Å². The van der Waals surface area contributed by atoms with Gasteiger partial charge in [0.2, 0.25) is 5.91 Å². The number of carbonyl (C=O) groups excluding carboxylic acids is 2. The quantitative estimate of drug-likeness (QED) is 0.391. The largest absolute Gasteiger partial charge is 0.368 e. The van der Waals surface area contributed by atoms with Crippen LogP contribution >= 0.6 is 0 Å². The zero-order chi connectivity index (χ0) is 32.2. The molecule has 3 N–H and O–H groups in total. The Morgan fingerprint density at radius 2 is 1.71 bits per heavy atom. The van der Waals surface area contributed by atoms with Gasteiger partial charge in [0.05, 0.1) is 11.6 Å². The number of nitrogens with one attached hydrogen (secondary N) is 3. The van der Waals surface area contributed by atoms with Crippen molar-refractivity contribution in [2.75, 3.05) is 51.2 Å². The molecular weight excluding hydrogens is 562 g/mol. The molecule has 45 heavy (non-hydrogen) atoms. The first kappa shape index (κ1) is 33.4. The van der Waals surface area contributed by atoms with Crippen molar-refractivity contribution in [2.24, 2.45) is 11.8 Å². The van der Waals surface area contributed by atoms with Gasteiger partial charge >= 0.3 is 0 Å². The smallest absolute Gasteiger partial charge is 0.251 e. The van der Waals surface area contributed by atoms with Crippen LogP contribution in [0.4, 0.5) is 5.69 Å². The third kappa shape index (κ3) is 8.05. The number of nitrogens with zero attached hydrogens (tertiary/aromatic N) is 4. The maximum absolute atomic E-state index is 13.9. The second-order valence-electron chi connectivity index (χ2n) is 14.1. The van der Waals surface area contributed by atoms with Crippen LogP contribution in [0.2, 0.25) is 0 Å². The number of anilines is 1. The number of likely N-dealkylation sites (N-methyl/N-ethyl adjacent to an activating group) is 1. The van der Waals surface area contributed by atoms with Gasteiger partial charge in [0.25, 0.3) is 5.91 Å². The Labute approximate surface area is 270 Å². The second kappa shape index (κ2) is 14.6. The number of hydrogen-bond acceptors (Lipinski definition) is 7. The molecule has 0 bridgehead atoms. The summed E-state index contributed by atoms with van der Waals surface area (Å²) in [6, 6.07) is 9.96. The minimum Gasteiger partial charge on any atom is -0.368 e. The average Bonchev–Trinajstić information content (AvgIpc) is 2.99. The van der Waals surface area contributed by atoms with Crippen LogP contribution in [0.15, 0.2) is 30.5 Å². The number of hydrogen-bond donors (Lipinski definition) is 3.